The van der Waals surface area contributed by atoms with Crippen molar-refractivity contribution in [3.63, 3.8) is 0 Å². The van der Waals surface area contributed by atoms with E-state index in [1.165, 1.54) is 5.56 Å². The van der Waals surface area contributed by atoms with Gasteiger partial charge in [0.15, 0.2) is 0 Å². The van der Waals surface area contributed by atoms with Gasteiger partial charge in [0, 0.05) is 6.92 Å². The van der Waals surface area contributed by atoms with Crippen LogP contribution in [-0.4, -0.2) is 17.6 Å². The standard InChI is InChI=1S/C15H19NO2/c1-10(17)16-14-8-7-11-9-15(14,2)18-13-6-4-3-5-12(11)13/h3-6,11,14H,7-9H2,1-2H3,(H,16,17). The summed E-state index contributed by atoms with van der Waals surface area (Å²) in [5.41, 5.74) is 1.07. The molecule has 1 fully saturated rings. The molecule has 3 nitrogen and oxygen atoms in total. The molecule has 1 heterocycles. The van der Waals surface area contributed by atoms with Crippen LogP contribution >= 0.6 is 0 Å². The Balaban J connectivity index is 1.93. The molecule has 1 aromatic rings. The Bertz CT molecular complexity index is 485. The lowest BCUT2D eigenvalue weighted by molar-refractivity contribution is -0.122. The first-order valence-corrected chi connectivity index (χ1v) is 6.63. The molecular formula is C15H19NO2. The van der Waals surface area contributed by atoms with Gasteiger partial charge in [-0.1, -0.05) is 18.2 Å². The van der Waals surface area contributed by atoms with E-state index in [1.54, 1.807) is 6.92 Å². The van der Waals surface area contributed by atoms with Crippen molar-refractivity contribution in [2.75, 3.05) is 0 Å². The molecule has 3 heteroatoms. The number of amides is 1. The Kier molecular flexibility index (Phi) is 2.58. The average molecular weight is 245 g/mol. The molecule has 0 spiro atoms. The fourth-order valence-corrected chi connectivity index (χ4v) is 3.42. The van der Waals surface area contributed by atoms with Crippen LogP contribution in [0.3, 0.4) is 0 Å². The molecule has 1 N–H and O–H groups in total. The quantitative estimate of drug-likeness (QED) is 0.826. The topological polar surface area (TPSA) is 38.3 Å². The Morgan fingerprint density at radius 2 is 2.17 bits per heavy atom. The van der Waals surface area contributed by atoms with E-state index in [1.807, 2.05) is 12.1 Å². The minimum atomic E-state index is -0.261. The highest BCUT2D eigenvalue weighted by Crippen LogP contribution is 2.48. The maximum absolute atomic E-state index is 11.3. The van der Waals surface area contributed by atoms with Crippen LogP contribution in [0.15, 0.2) is 24.3 Å². The van der Waals surface area contributed by atoms with Gasteiger partial charge in [0.1, 0.15) is 11.4 Å². The molecule has 3 unspecified atom stereocenters. The van der Waals surface area contributed by atoms with Crippen molar-refractivity contribution in [3.05, 3.63) is 29.8 Å². The maximum Gasteiger partial charge on any atom is 0.217 e. The first kappa shape index (κ1) is 11.6. The zero-order valence-electron chi connectivity index (χ0n) is 10.9. The minimum Gasteiger partial charge on any atom is -0.485 e. The van der Waals surface area contributed by atoms with Crippen LogP contribution in [0.2, 0.25) is 0 Å². The third-order valence-corrected chi connectivity index (χ3v) is 4.27. The molecule has 2 aliphatic rings. The molecule has 3 atom stereocenters. The van der Waals surface area contributed by atoms with E-state index in [4.69, 9.17) is 4.74 Å². The van der Waals surface area contributed by atoms with Crippen molar-refractivity contribution in [1.29, 1.82) is 0 Å². The number of carbonyl (C=O) groups is 1. The number of para-hydroxylation sites is 1. The summed E-state index contributed by atoms with van der Waals surface area (Å²) in [4.78, 5) is 11.3. The molecule has 0 aromatic heterocycles. The van der Waals surface area contributed by atoms with Crippen LogP contribution in [0.25, 0.3) is 0 Å². The van der Waals surface area contributed by atoms with Gasteiger partial charge in [-0.05, 0) is 43.7 Å². The van der Waals surface area contributed by atoms with E-state index in [2.05, 4.69) is 24.4 Å². The van der Waals surface area contributed by atoms with Gasteiger partial charge in [0.05, 0.1) is 6.04 Å². The van der Waals surface area contributed by atoms with Crippen molar-refractivity contribution in [1.82, 2.24) is 5.32 Å². The summed E-state index contributed by atoms with van der Waals surface area (Å²) in [7, 11) is 0. The van der Waals surface area contributed by atoms with Gasteiger partial charge in [-0.25, -0.2) is 0 Å². The number of nitrogens with one attached hydrogen (secondary N) is 1. The fourth-order valence-electron chi connectivity index (χ4n) is 3.42. The van der Waals surface area contributed by atoms with Gasteiger partial charge in [0.2, 0.25) is 5.91 Å². The summed E-state index contributed by atoms with van der Waals surface area (Å²) >= 11 is 0. The third kappa shape index (κ3) is 1.78. The van der Waals surface area contributed by atoms with Crippen molar-refractivity contribution in [2.24, 2.45) is 0 Å². The molecule has 0 saturated heterocycles. The van der Waals surface area contributed by atoms with E-state index < -0.39 is 0 Å². The zero-order valence-corrected chi connectivity index (χ0v) is 10.9. The van der Waals surface area contributed by atoms with Crippen molar-refractivity contribution in [3.8, 4) is 5.75 Å². The van der Waals surface area contributed by atoms with Crippen molar-refractivity contribution >= 4 is 5.91 Å². The van der Waals surface area contributed by atoms with Crippen LogP contribution in [0.4, 0.5) is 0 Å². The van der Waals surface area contributed by atoms with Gasteiger partial charge >= 0.3 is 0 Å². The normalized spacial score (nSPS) is 33.2. The fraction of sp³-hybridized carbons (Fsp3) is 0.533. The highest BCUT2D eigenvalue weighted by atomic mass is 16.5. The second-order valence-electron chi connectivity index (χ2n) is 5.68. The lowest BCUT2D eigenvalue weighted by Crippen LogP contribution is -2.58. The Morgan fingerprint density at radius 3 is 2.94 bits per heavy atom. The molecular weight excluding hydrogens is 226 g/mol. The second kappa shape index (κ2) is 4.01. The molecule has 1 amide bonds. The van der Waals surface area contributed by atoms with Crippen LogP contribution in [0.1, 0.15) is 44.6 Å². The molecule has 2 bridgehead atoms. The summed E-state index contributed by atoms with van der Waals surface area (Å²) in [6.07, 6.45) is 3.12. The molecule has 1 saturated carbocycles. The Hall–Kier alpha value is -1.51. The van der Waals surface area contributed by atoms with E-state index >= 15 is 0 Å². The lowest BCUT2D eigenvalue weighted by Gasteiger charge is -2.48. The zero-order chi connectivity index (χ0) is 12.8. The van der Waals surface area contributed by atoms with E-state index in [0.717, 1.165) is 25.0 Å². The number of hydrogen-bond acceptors (Lipinski definition) is 2. The highest BCUT2D eigenvalue weighted by molar-refractivity contribution is 5.73. The summed E-state index contributed by atoms with van der Waals surface area (Å²) in [5.74, 6) is 1.60. The van der Waals surface area contributed by atoms with Crippen molar-refractivity contribution < 1.29 is 9.53 Å². The van der Waals surface area contributed by atoms with Crippen LogP contribution in [0.5, 0.6) is 5.75 Å². The van der Waals surface area contributed by atoms with Gasteiger partial charge in [-0.3, -0.25) is 4.79 Å². The summed E-state index contributed by atoms with van der Waals surface area (Å²) < 4.78 is 6.19. The first-order valence-electron chi connectivity index (χ1n) is 6.63. The van der Waals surface area contributed by atoms with Crippen LogP contribution in [0, 0.1) is 0 Å². The monoisotopic (exact) mass is 245 g/mol. The summed E-state index contributed by atoms with van der Waals surface area (Å²) in [5, 5.41) is 3.04. The predicted octanol–water partition coefficient (Wildman–Crippen LogP) is 2.61. The Labute approximate surface area is 108 Å². The maximum atomic E-state index is 11.3. The number of ether oxygens (including phenoxy) is 1. The number of rotatable bonds is 1. The molecule has 0 radical (unpaired) electrons. The molecule has 96 valence electrons. The highest BCUT2D eigenvalue weighted by Gasteiger charge is 2.47. The predicted molar refractivity (Wildman–Crippen MR) is 69.7 cm³/mol. The van der Waals surface area contributed by atoms with Crippen LogP contribution in [-0.2, 0) is 4.79 Å². The SMILES string of the molecule is CC(=O)NC1CCC2CC1(C)Oc1ccccc12. The molecule has 18 heavy (non-hydrogen) atoms. The van der Waals surface area contributed by atoms with E-state index in [0.29, 0.717) is 5.92 Å². The van der Waals surface area contributed by atoms with E-state index in [-0.39, 0.29) is 17.6 Å². The molecule has 1 aliphatic heterocycles. The molecule has 1 aliphatic carbocycles. The number of benzene rings is 1. The number of fused-ring (bicyclic) bond motifs is 4. The van der Waals surface area contributed by atoms with Gasteiger partial charge in [-0.15, -0.1) is 0 Å². The smallest absolute Gasteiger partial charge is 0.217 e. The van der Waals surface area contributed by atoms with Crippen LogP contribution < -0.4 is 10.1 Å². The number of carbonyl (C=O) groups excluding carboxylic acids is 1. The third-order valence-electron chi connectivity index (χ3n) is 4.27. The number of hydrogen-bond donors (Lipinski definition) is 1. The van der Waals surface area contributed by atoms with Gasteiger partial charge in [-0.2, -0.15) is 0 Å². The summed E-state index contributed by atoms with van der Waals surface area (Å²) in [6.45, 7) is 3.70. The minimum absolute atomic E-state index is 0.0298. The van der Waals surface area contributed by atoms with Gasteiger partial charge in [0.25, 0.3) is 0 Å². The average Bonchev–Trinajstić information content (AvgIpc) is 2.32. The van der Waals surface area contributed by atoms with Gasteiger partial charge < -0.3 is 10.1 Å². The lowest BCUT2D eigenvalue weighted by atomic mass is 9.71. The molecule has 1 aromatic carbocycles. The Morgan fingerprint density at radius 1 is 1.39 bits per heavy atom. The first-order chi connectivity index (χ1) is 8.58. The van der Waals surface area contributed by atoms with E-state index in [9.17, 15) is 4.79 Å². The largest absolute Gasteiger partial charge is 0.485 e. The second-order valence-corrected chi connectivity index (χ2v) is 5.68. The summed E-state index contributed by atoms with van der Waals surface area (Å²) in [6, 6.07) is 8.41. The molecule has 3 rings (SSSR count). The van der Waals surface area contributed by atoms with Crippen molar-refractivity contribution in [2.45, 2.75) is 50.7 Å².